The van der Waals surface area contributed by atoms with Crippen molar-refractivity contribution in [2.24, 2.45) is 11.8 Å². The number of ether oxygens (including phenoxy) is 2. The summed E-state index contributed by atoms with van der Waals surface area (Å²) in [5.74, 6) is -0.766. The standard InChI is InChI=1S/C36H41F9N4O4/c1-4-48(20-24-7-5-23(6-8-24)13-32(50)51)31-10-9-27(34(37,38)39)16-26(31)21-49(33-46-18-30(19-47-33)53-12-11-52-3)22(2)25-14-28(35(40,41)42)17-29(15-25)36(43,44)45/h9-10,14-19,22-24H,4-8,11-13,20-21H2,1-3H3,(H,50,51). The third-order valence-corrected chi connectivity index (χ3v) is 9.37. The van der Waals surface area contributed by atoms with E-state index in [0.29, 0.717) is 56.6 Å². The molecular weight excluding hydrogens is 723 g/mol. The van der Waals surface area contributed by atoms with Crippen molar-refractivity contribution in [1.82, 2.24) is 9.97 Å². The van der Waals surface area contributed by atoms with E-state index >= 15 is 0 Å². The Labute approximate surface area is 300 Å². The molecule has 0 aliphatic heterocycles. The highest BCUT2D eigenvalue weighted by atomic mass is 19.4. The van der Waals surface area contributed by atoms with E-state index in [0.717, 1.165) is 12.1 Å². The van der Waals surface area contributed by atoms with Gasteiger partial charge in [-0.05, 0) is 98.9 Å². The summed E-state index contributed by atoms with van der Waals surface area (Å²) in [6.45, 7) is 3.81. The van der Waals surface area contributed by atoms with E-state index in [1.165, 1.54) is 37.4 Å². The van der Waals surface area contributed by atoms with Gasteiger partial charge in [-0.3, -0.25) is 4.79 Å². The second-order valence-electron chi connectivity index (χ2n) is 13.1. The van der Waals surface area contributed by atoms with Crippen molar-refractivity contribution in [3.63, 3.8) is 0 Å². The van der Waals surface area contributed by atoms with E-state index in [4.69, 9.17) is 9.47 Å². The van der Waals surface area contributed by atoms with Crippen molar-refractivity contribution >= 4 is 17.6 Å². The lowest BCUT2D eigenvalue weighted by molar-refractivity contribution is -0.143. The summed E-state index contributed by atoms with van der Waals surface area (Å²) in [5.41, 5.74) is -4.06. The number of methoxy groups -OCH3 is 1. The van der Waals surface area contributed by atoms with Crippen LogP contribution in [0.15, 0.2) is 48.8 Å². The van der Waals surface area contributed by atoms with Gasteiger partial charge >= 0.3 is 24.5 Å². The average Bonchev–Trinajstić information content (AvgIpc) is 3.09. The van der Waals surface area contributed by atoms with Crippen LogP contribution in [0.5, 0.6) is 5.75 Å². The molecule has 0 amide bonds. The molecule has 0 spiro atoms. The second-order valence-corrected chi connectivity index (χ2v) is 13.1. The van der Waals surface area contributed by atoms with Crippen LogP contribution in [0.2, 0.25) is 0 Å². The van der Waals surface area contributed by atoms with Crippen LogP contribution in [0.1, 0.15) is 79.8 Å². The highest BCUT2D eigenvalue weighted by Gasteiger charge is 2.38. The maximum atomic E-state index is 14.1. The minimum atomic E-state index is -5.14. The Morgan fingerprint density at radius 3 is 1.92 bits per heavy atom. The number of rotatable bonds is 15. The third-order valence-electron chi connectivity index (χ3n) is 9.37. The molecule has 1 fully saturated rings. The number of carboxylic acid groups (broad SMARTS) is 1. The first-order valence-electron chi connectivity index (χ1n) is 17.0. The predicted molar refractivity (Wildman–Crippen MR) is 177 cm³/mol. The molecule has 0 bridgehead atoms. The first kappa shape index (κ1) is 41.5. The quantitative estimate of drug-likeness (QED) is 0.121. The molecular formula is C36H41F9N4O4. The highest BCUT2D eigenvalue weighted by Crippen LogP contribution is 2.41. The summed E-state index contributed by atoms with van der Waals surface area (Å²) >= 11 is 0. The number of benzene rings is 2. The minimum Gasteiger partial charge on any atom is -0.488 e. The Morgan fingerprint density at radius 1 is 0.849 bits per heavy atom. The number of aromatic nitrogens is 2. The smallest absolute Gasteiger partial charge is 0.416 e. The lowest BCUT2D eigenvalue weighted by Gasteiger charge is -2.36. The molecule has 3 aromatic rings. The van der Waals surface area contributed by atoms with Gasteiger partial charge in [0.15, 0.2) is 5.75 Å². The summed E-state index contributed by atoms with van der Waals surface area (Å²) in [7, 11) is 1.45. The van der Waals surface area contributed by atoms with E-state index in [9.17, 15) is 49.4 Å². The molecule has 1 unspecified atom stereocenters. The Morgan fingerprint density at radius 2 is 1.42 bits per heavy atom. The van der Waals surface area contributed by atoms with E-state index in [2.05, 4.69) is 9.97 Å². The topological polar surface area (TPSA) is 88.0 Å². The van der Waals surface area contributed by atoms with Crippen LogP contribution in [0.4, 0.5) is 51.1 Å². The number of aliphatic carboxylic acids is 1. The average molecular weight is 765 g/mol. The van der Waals surface area contributed by atoms with Crippen LogP contribution in [-0.4, -0.2) is 54.5 Å². The molecule has 1 heterocycles. The van der Waals surface area contributed by atoms with Crippen LogP contribution in [0, 0.1) is 11.8 Å². The van der Waals surface area contributed by atoms with Crippen LogP contribution >= 0.6 is 0 Å². The Bertz CT molecular complexity index is 1630. The maximum Gasteiger partial charge on any atom is 0.416 e. The Balaban J connectivity index is 1.80. The lowest BCUT2D eigenvalue weighted by Crippen LogP contribution is -2.34. The molecule has 0 saturated heterocycles. The number of anilines is 2. The van der Waals surface area contributed by atoms with Gasteiger partial charge in [0.2, 0.25) is 5.95 Å². The molecule has 0 radical (unpaired) electrons. The van der Waals surface area contributed by atoms with E-state index in [1.54, 1.807) is 0 Å². The largest absolute Gasteiger partial charge is 0.488 e. The first-order chi connectivity index (χ1) is 24.8. The zero-order valence-corrected chi connectivity index (χ0v) is 29.3. The molecule has 292 valence electrons. The molecule has 8 nitrogen and oxygen atoms in total. The fraction of sp³-hybridized carbons (Fsp3) is 0.528. The normalized spacial score (nSPS) is 17.4. The predicted octanol–water partition coefficient (Wildman–Crippen LogP) is 9.43. The van der Waals surface area contributed by atoms with Crippen LogP contribution in [-0.2, 0) is 34.6 Å². The number of hydrogen-bond donors (Lipinski definition) is 1. The first-order valence-corrected chi connectivity index (χ1v) is 17.0. The van der Waals surface area contributed by atoms with Gasteiger partial charge in [-0.25, -0.2) is 9.97 Å². The van der Waals surface area contributed by atoms with E-state index < -0.39 is 59.3 Å². The number of carboxylic acids is 1. The van der Waals surface area contributed by atoms with Crippen molar-refractivity contribution in [2.75, 3.05) is 43.2 Å². The number of alkyl halides is 9. The molecule has 1 N–H and O–H groups in total. The van der Waals surface area contributed by atoms with Gasteiger partial charge in [0, 0.05) is 38.9 Å². The summed E-state index contributed by atoms with van der Waals surface area (Å²) in [4.78, 5) is 22.8. The van der Waals surface area contributed by atoms with Gasteiger partial charge in [-0.1, -0.05) is 0 Å². The summed E-state index contributed by atoms with van der Waals surface area (Å²) in [6, 6.07) is 2.96. The fourth-order valence-corrected chi connectivity index (χ4v) is 6.51. The van der Waals surface area contributed by atoms with Gasteiger partial charge in [0.1, 0.15) is 6.61 Å². The summed E-state index contributed by atoms with van der Waals surface area (Å²) in [6.07, 6.45) is -9.76. The minimum absolute atomic E-state index is 0.00236. The van der Waals surface area contributed by atoms with Crippen LogP contribution in [0.3, 0.4) is 0 Å². The molecule has 53 heavy (non-hydrogen) atoms. The van der Waals surface area contributed by atoms with Crippen molar-refractivity contribution in [2.45, 2.75) is 77.1 Å². The number of hydrogen-bond acceptors (Lipinski definition) is 7. The summed E-state index contributed by atoms with van der Waals surface area (Å²) < 4.78 is 136. The number of carbonyl (C=O) groups is 1. The van der Waals surface area contributed by atoms with Crippen molar-refractivity contribution in [3.8, 4) is 5.75 Å². The van der Waals surface area contributed by atoms with Crippen molar-refractivity contribution in [1.29, 1.82) is 0 Å². The van der Waals surface area contributed by atoms with E-state index in [1.807, 2.05) is 11.8 Å². The molecule has 2 aromatic carbocycles. The maximum absolute atomic E-state index is 14.1. The zero-order valence-electron chi connectivity index (χ0n) is 29.3. The lowest BCUT2D eigenvalue weighted by atomic mass is 9.80. The molecule has 17 heteroatoms. The second kappa shape index (κ2) is 17.2. The van der Waals surface area contributed by atoms with Gasteiger partial charge in [-0.2, -0.15) is 39.5 Å². The number of nitrogens with zero attached hydrogens (tertiary/aromatic N) is 4. The monoisotopic (exact) mass is 764 g/mol. The van der Waals surface area contributed by atoms with Crippen molar-refractivity contribution < 1.29 is 58.9 Å². The molecule has 1 aliphatic carbocycles. The molecule has 1 aromatic heterocycles. The molecule has 1 saturated carbocycles. The molecule has 4 rings (SSSR count). The van der Waals surface area contributed by atoms with Gasteiger partial charge in [-0.15, -0.1) is 0 Å². The zero-order chi connectivity index (χ0) is 39.1. The SMILES string of the molecule is CCN(CC1CCC(CC(=O)O)CC1)c1ccc(C(F)(F)F)cc1CN(c1ncc(OCCOC)cn1)C(C)c1cc(C(F)(F)F)cc(C(F)(F)F)c1. The molecule has 1 atom stereocenters. The summed E-state index contributed by atoms with van der Waals surface area (Å²) in [5, 5.41) is 9.18. The third kappa shape index (κ3) is 11.4. The van der Waals surface area contributed by atoms with Crippen LogP contribution in [0.25, 0.3) is 0 Å². The van der Waals surface area contributed by atoms with Crippen LogP contribution < -0.4 is 14.5 Å². The Kier molecular flexibility index (Phi) is 13.5. The number of halogens is 9. The Hall–Kier alpha value is -4.28. The fourth-order valence-electron chi connectivity index (χ4n) is 6.51. The highest BCUT2D eigenvalue weighted by molar-refractivity contribution is 5.67. The van der Waals surface area contributed by atoms with Gasteiger partial charge in [0.25, 0.3) is 0 Å². The van der Waals surface area contributed by atoms with Crippen molar-refractivity contribution in [3.05, 3.63) is 76.6 Å². The molecule has 1 aliphatic rings. The van der Waals surface area contributed by atoms with E-state index in [-0.39, 0.29) is 54.8 Å². The van der Waals surface area contributed by atoms with Gasteiger partial charge in [0.05, 0.1) is 41.7 Å². The van der Waals surface area contributed by atoms with Gasteiger partial charge < -0.3 is 24.4 Å².